The molecule has 17 heavy (non-hydrogen) atoms. The van der Waals surface area contributed by atoms with Crippen LogP contribution in [-0.2, 0) is 11.2 Å². The highest BCUT2D eigenvalue weighted by Gasteiger charge is 2.26. The molecule has 1 N–H and O–H groups in total. The van der Waals surface area contributed by atoms with Gasteiger partial charge in [-0.1, -0.05) is 12.1 Å². The Labute approximate surface area is 103 Å². The van der Waals surface area contributed by atoms with Crippen LogP contribution in [0.15, 0.2) is 24.3 Å². The average molecular weight is 235 g/mol. The van der Waals surface area contributed by atoms with Gasteiger partial charge in [-0.15, -0.1) is 0 Å². The molecule has 1 unspecified atom stereocenters. The zero-order valence-corrected chi connectivity index (χ0v) is 10.8. The van der Waals surface area contributed by atoms with E-state index in [0.29, 0.717) is 0 Å². The molecule has 2 rings (SSSR count). The Morgan fingerprint density at radius 3 is 2.59 bits per heavy atom. The normalized spacial score (nSPS) is 23.4. The van der Waals surface area contributed by atoms with Crippen LogP contribution in [0, 0.1) is 0 Å². The predicted octanol–water partition coefficient (Wildman–Crippen LogP) is 2.00. The first-order chi connectivity index (χ1) is 8.09. The Kier molecular flexibility index (Phi) is 3.69. The van der Waals surface area contributed by atoms with Crippen molar-refractivity contribution in [1.29, 1.82) is 0 Å². The van der Waals surface area contributed by atoms with Crippen LogP contribution in [0.3, 0.4) is 0 Å². The van der Waals surface area contributed by atoms with Gasteiger partial charge >= 0.3 is 0 Å². The van der Waals surface area contributed by atoms with Crippen molar-refractivity contribution in [3.63, 3.8) is 0 Å². The maximum atomic E-state index is 5.86. The van der Waals surface area contributed by atoms with Gasteiger partial charge in [0.05, 0.1) is 19.8 Å². The number of hydrogen-bond donors (Lipinski definition) is 1. The molecule has 0 saturated carbocycles. The maximum Gasteiger partial charge on any atom is 0.118 e. The van der Waals surface area contributed by atoms with Gasteiger partial charge in [0.25, 0.3) is 0 Å². The highest BCUT2D eigenvalue weighted by molar-refractivity contribution is 5.27. The second-order valence-corrected chi connectivity index (χ2v) is 5.25. The Balaban J connectivity index is 1.89. The topological polar surface area (TPSA) is 30.5 Å². The second kappa shape index (κ2) is 5.07. The van der Waals surface area contributed by atoms with Gasteiger partial charge in [-0.3, -0.25) is 0 Å². The maximum absolute atomic E-state index is 5.86. The predicted molar refractivity (Wildman–Crippen MR) is 68.5 cm³/mol. The highest BCUT2D eigenvalue weighted by atomic mass is 16.5. The highest BCUT2D eigenvalue weighted by Crippen LogP contribution is 2.17. The zero-order valence-electron chi connectivity index (χ0n) is 10.8. The number of benzene rings is 1. The van der Waals surface area contributed by atoms with Gasteiger partial charge < -0.3 is 14.8 Å². The minimum absolute atomic E-state index is 0.108. The molecule has 0 aliphatic carbocycles. The molecule has 94 valence electrons. The molecule has 0 aromatic heterocycles. The summed E-state index contributed by atoms with van der Waals surface area (Å²) in [6, 6.07) is 8.19. The summed E-state index contributed by atoms with van der Waals surface area (Å²) in [4.78, 5) is 0. The van der Waals surface area contributed by atoms with Crippen molar-refractivity contribution in [2.45, 2.75) is 31.9 Å². The Morgan fingerprint density at radius 2 is 2.06 bits per heavy atom. The summed E-state index contributed by atoms with van der Waals surface area (Å²) in [5.74, 6) is 0.901. The van der Waals surface area contributed by atoms with Gasteiger partial charge in [0.2, 0.25) is 0 Å². The van der Waals surface area contributed by atoms with Gasteiger partial charge in [0.15, 0.2) is 0 Å². The first-order valence-electron chi connectivity index (χ1n) is 6.09. The summed E-state index contributed by atoms with van der Waals surface area (Å²) >= 11 is 0. The van der Waals surface area contributed by atoms with Crippen molar-refractivity contribution >= 4 is 0 Å². The lowest BCUT2D eigenvalue weighted by molar-refractivity contribution is -0.0206. The van der Waals surface area contributed by atoms with Gasteiger partial charge in [0, 0.05) is 12.1 Å². The number of methoxy groups -OCH3 is 1. The van der Waals surface area contributed by atoms with Crippen LogP contribution in [0.5, 0.6) is 5.75 Å². The quantitative estimate of drug-likeness (QED) is 0.869. The van der Waals surface area contributed by atoms with E-state index in [1.54, 1.807) is 7.11 Å². The standard InChI is InChI=1S/C14H21NO2/c1-14(2)10-17-13(9-15-14)8-11-4-6-12(16-3)7-5-11/h4-7,13,15H,8-10H2,1-3H3. The fourth-order valence-corrected chi connectivity index (χ4v) is 1.98. The van der Waals surface area contributed by atoms with Crippen LogP contribution < -0.4 is 10.1 Å². The number of ether oxygens (including phenoxy) is 2. The monoisotopic (exact) mass is 235 g/mol. The van der Waals surface area contributed by atoms with Crippen molar-refractivity contribution in [1.82, 2.24) is 5.32 Å². The van der Waals surface area contributed by atoms with E-state index in [0.717, 1.165) is 25.3 Å². The van der Waals surface area contributed by atoms with Crippen LogP contribution in [0.2, 0.25) is 0 Å². The minimum atomic E-state index is 0.108. The third kappa shape index (κ3) is 3.45. The molecule has 1 fully saturated rings. The fourth-order valence-electron chi connectivity index (χ4n) is 1.98. The molecule has 0 amide bonds. The Hall–Kier alpha value is -1.06. The summed E-state index contributed by atoms with van der Waals surface area (Å²) in [5, 5.41) is 3.50. The summed E-state index contributed by atoms with van der Waals surface area (Å²) in [7, 11) is 1.69. The Morgan fingerprint density at radius 1 is 1.35 bits per heavy atom. The molecule has 1 saturated heterocycles. The second-order valence-electron chi connectivity index (χ2n) is 5.25. The lowest BCUT2D eigenvalue weighted by Crippen LogP contribution is -2.53. The van der Waals surface area contributed by atoms with Crippen molar-refractivity contribution in [3.8, 4) is 5.75 Å². The number of rotatable bonds is 3. The van der Waals surface area contributed by atoms with E-state index in [-0.39, 0.29) is 11.6 Å². The molecule has 0 bridgehead atoms. The first-order valence-corrected chi connectivity index (χ1v) is 6.09. The van der Waals surface area contributed by atoms with Crippen molar-refractivity contribution in [2.75, 3.05) is 20.3 Å². The van der Waals surface area contributed by atoms with Crippen LogP contribution in [0.25, 0.3) is 0 Å². The van der Waals surface area contributed by atoms with E-state index in [1.165, 1.54) is 5.56 Å². The summed E-state index contributed by atoms with van der Waals surface area (Å²) < 4.78 is 11.0. The van der Waals surface area contributed by atoms with E-state index in [1.807, 2.05) is 12.1 Å². The molecular weight excluding hydrogens is 214 g/mol. The average Bonchev–Trinajstić information content (AvgIpc) is 2.33. The molecule has 0 radical (unpaired) electrons. The van der Waals surface area contributed by atoms with E-state index >= 15 is 0 Å². The van der Waals surface area contributed by atoms with E-state index in [2.05, 4.69) is 31.3 Å². The first kappa shape index (κ1) is 12.4. The van der Waals surface area contributed by atoms with Crippen LogP contribution >= 0.6 is 0 Å². The van der Waals surface area contributed by atoms with E-state index < -0.39 is 0 Å². The van der Waals surface area contributed by atoms with Crippen molar-refractivity contribution < 1.29 is 9.47 Å². The third-order valence-corrected chi connectivity index (χ3v) is 3.11. The van der Waals surface area contributed by atoms with Crippen molar-refractivity contribution in [3.05, 3.63) is 29.8 Å². The molecule has 1 aromatic rings. The Bertz CT molecular complexity index is 349. The molecule has 0 spiro atoms. The van der Waals surface area contributed by atoms with E-state index in [4.69, 9.17) is 9.47 Å². The molecule has 1 atom stereocenters. The lowest BCUT2D eigenvalue weighted by atomic mass is 10.0. The lowest BCUT2D eigenvalue weighted by Gasteiger charge is -2.36. The van der Waals surface area contributed by atoms with E-state index in [9.17, 15) is 0 Å². The largest absolute Gasteiger partial charge is 0.497 e. The smallest absolute Gasteiger partial charge is 0.118 e. The van der Waals surface area contributed by atoms with Crippen LogP contribution in [0.1, 0.15) is 19.4 Å². The third-order valence-electron chi connectivity index (χ3n) is 3.11. The summed E-state index contributed by atoms with van der Waals surface area (Å²) in [6.07, 6.45) is 1.23. The SMILES string of the molecule is COc1ccc(CC2CNC(C)(C)CO2)cc1. The van der Waals surface area contributed by atoms with Gasteiger partial charge in [-0.25, -0.2) is 0 Å². The molecule has 1 aliphatic rings. The number of morpholine rings is 1. The molecule has 1 aliphatic heterocycles. The number of nitrogens with one attached hydrogen (secondary N) is 1. The van der Waals surface area contributed by atoms with Gasteiger partial charge in [-0.2, -0.15) is 0 Å². The van der Waals surface area contributed by atoms with Gasteiger partial charge in [-0.05, 0) is 38.0 Å². The molecule has 1 aromatic carbocycles. The van der Waals surface area contributed by atoms with Crippen LogP contribution in [-0.4, -0.2) is 31.9 Å². The number of hydrogen-bond acceptors (Lipinski definition) is 3. The molecule has 3 heteroatoms. The molecule has 3 nitrogen and oxygen atoms in total. The van der Waals surface area contributed by atoms with Crippen molar-refractivity contribution in [2.24, 2.45) is 0 Å². The van der Waals surface area contributed by atoms with Crippen LogP contribution in [0.4, 0.5) is 0 Å². The summed E-state index contributed by atoms with van der Waals surface area (Å²) in [5.41, 5.74) is 1.40. The molecular formula is C14H21NO2. The summed E-state index contributed by atoms with van der Waals surface area (Å²) in [6.45, 7) is 6.01. The fraction of sp³-hybridized carbons (Fsp3) is 0.571. The minimum Gasteiger partial charge on any atom is -0.497 e. The van der Waals surface area contributed by atoms with Gasteiger partial charge in [0.1, 0.15) is 5.75 Å². The molecule has 1 heterocycles. The zero-order chi connectivity index (χ0) is 12.3.